The van der Waals surface area contributed by atoms with Crippen LogP contribution in [-0.2, 0) is 4.74 Å². The number of ether oxygens (including phenoxy) is 1. The molecule has 0 amide bonds. The number of esters is 1. The SMILES string of the molecule is Cc1[nH]c2ccccc2c1C(=O)[C@H](C)OC(=O)c1cnc(Cl)c(Cl)c1. The fourth-order valence-corrected chi connectivity index (χ4v) is 2.88. The number of aryl methyl sites for hydroxylation is 1. The lowest BCUT2D eigenvalue weighted by Gasteiger charge is -2.12. The number of halogens is 2. The monoisotopic (exact) mass is 376 g/mol. The molecular weight excluding hydrogens is 363 g/mol. The maximum Gasteiger partial charge on any atom is 0.340 e. The number of hydrogen-bond donors (Lipinski definition) is 1. The zero-order valence-electron chi connectivity index (χ0n) is 13.5. The Bertz CT molecular complexity index is 982. The van der Waals surface area contributed by atoms with Crippen LogP contribution in [0.15, 0.2) is 36.5 Å². The summed E-state index contributed by atoms with van der Waals surface area (Å²) in [5.41, 5.74) is 2.23. The fourth-order valence-electron chi connectivity index (χ4n) is 2.61. The molecule has 0 saturated carbocycles. The van der Waals surface area contributed by atoms with E-state index in [0.717, 1.165) is 16.6 Å². The maximum atomic E-state index is 12.8. The Morgan fingerprint density at radius 1 is 1.24 bits per heavy atom. The van der Waals surface area contributed by atoms with Crippen LogP contribution in [0.4, 0.5) is 0 Å². The van der Waals surface area contributed by atoms with Crippen molar-refractivity contribution < 1.29 is 14.3 Å². The predicted octanol–water partition coefficient (Wildman–Crippen LogP) is 4.61. The van der Waals surface area contributed by atoms with Gasteiger partial charge in [-0.3, -0.25) is 4.79 Å². The number of aromatic amines is 1. The van der Waals surface area contributed by atoms with Crippen molar-refractivity contribution in [3.8, 4) is 0 Å². The average Bonchev–Trinajstić information content (AvgIpc) is 2.92. The van der Waals surface area contributed by atoms with Crippen molar-refractivity contribution in [1.29, 1.82) is 0 Å². The molecule has 3 rings (SSSR count). The van der Waals surface area contributed by atoms with Crippen molar-refractivity contribution in [2.45, 2.75) is 20.0 Å². The summed E-state index contributed by atoms with van der Waals surface area (Å²) in [5, 5.41) is 1.03. The Morgan fingerprint density at radius 2 is 1.96 bits per heavy atom. The average molecular weight is 377 g/mol. The number of Topliss-reactive ketones (excluding diaryl/α,β-unsaturated/α-hetero) is 1. The van der Waals surface area contributed by atoms with Gasteiger partial charge < -0.3 is 9.72 Å². The standard InChI is InChI=1S/C18H14Cl2N2O3/c1-9-15(12-5-3-4-6-14(12)22-9)16(23)10(2)25-18(24)11-7-13(19)17(20)21-8-11/h3-8,10,22H,1-2H3/t10-/m0/s1. The highest BCUT2D eigenvalue weighted by atomic mass is 35.5. The highest BCUT2D eigenvalue weighted by Crippen LogP contribution is 2.24. The molecule has 5 nitrogen and oxygen atoms in total. The summed E-state index contributed by atoms with van der Waals surface area (Å²) >= 11 is 11.6. The first-order valence-corrected chi connectivity index (χ1v) is 8.27. The van der Waals surface area contributed by atoms with Crippen LogP contribution >= 0.6 is 23.2 Å². The van der Waals surface area contributed by atoms with E-state index in [-0.39, 0.29) is 21.5 Å². The molecule has 25 heavy (non-hydrogen) atoms. The van der Waals surface area contributed by atoms with Gasteiger partial charge in [-0.2, -0.15) is 0 Å². The molecule has 0 saturated heterocycles. The summed E-state index contributed by atoms with van der Waals surface area (Å²) in [6.07, 6.45) is 0.296. The smallest absolute Gasteiger partial charge is 0.340 e. The maximum absolute atomic E-state index is 12.8. The Kier molecular flexibility index (Phi) is 4.79. The molecule has 1 aromatic carbocycles. The van der Waals surface area contributed by atoms with Gasteiger partial charge in [0.15, 0.2) is 6.10 Å². The van der Waals surface area contributed by atoms with Gasteiger partial charge in [0, 0.05) is 28.4 Å². The normalized spacial score (nSPS) is 12.2. The molecule has 0 unspecified atom stereocenters. The number of H-pyrrole nitrogens is 1. The van der Waals surface area contributed by atoms with Gasteiger partial charge in [-0.25, -0.2) is 9.78 Å². The molecule has 128 valence electrons. The van der Waals surface area contributed by atoms with E-state index >= 15 is 0 Å². The second-order valence-corrected chi connectivity index (χ2v) is 6.34. The summed E-state index contributed by atoms with van der Waals surface area (Å²) in [5.74, 6) is -0.972. The largest absolute Gasteiger partial charge is 0.451 e. The lowest BCUT2D eigenvalue weighted by Crippen LogP contribution is -2.25. The van der Waals surface area contributed by atoms with Crippen LogP contribution in [0.25, 0.3) is 10.9 Å². The summed E-state index contributed by atoms with van der Waals surface area (Å²) < 4.78 is 5.28. The summed E-state index contributed by atoms with van der Waals surface area (Å²) in [6, 6.07) is 8.83. The second kappa shape index (κ2) is 6.86. The number of fused-ring (bicyclic) bond motifs is 1. The van der Waals surface area contributed by atoms with Crippen LogP contribution < -0.4 is 0 Å². The molecule has 2 heterocycles. The third kappa shape index (κ3) is 3.38. The second-order valence-electron chi connectivity index (χ2n) is 5.58. The van der Waals surface area contributed by atoms with Crippen LogP contribution in [0.1, 0.15) is 33.3 Å². The number of rotatable bonds is 4. The third-order valence-electron chi connectivity index (χ3n) is 3.82. The van der Waals surface area contributed by atoms with Gasteiger partial charge in [0.1, 0.15) is 5.15 Å². The van der Waals surface area contributed by atoms with E-state index in [1.54, 1.807) is 0 Å². The van der Waals surface area contributed by atoms with Crippen molar-refractivity contribution in [3.05, 3.63) is 63.5 Å². The van der Waals surface area contributed by atoms with E-state index in [0.29, 0.717) is 5.56 Å². The first-order chi connectivity index (χ1) is 11.9. The number of carbonyl (C=O) groups is 2. The number of pyridine rings is 1. The molecule has 0 radical (unpaired) electrons. The van der Waals surface area contributed by atoms with E-state index in [1.165, 1.54) is 19.2 Å². The quantitative estimate of drug-likeness (QED) is 0.410. The number of aromatic nitrogens is 2. The lowest BCUT2D eigenvalue weighted by atomic mass is 10.0. The minimum atomic E-state index is -0.958. The van der Waals surface area contributed by atoms with Gasteiger partial charge in [0.2, 0.25) is 5.78 Å². The minimum Gasteiger partial charge on any atom is -0.451 e. The Hall–Kier alpha value is -2.37. The number of hydrogen-bond acceptors (Lipinski definition) is 4. The van der Waals surface area contributed by atoms with E-state index in [1.807, 2.05) is 31.2 Å². The Labute approximate surface area is 153 Å². The topological polar surface area (TPSA) is 72.1 Å². The zero-order chi connectivity index (χ0) is 18.1. The molecule has 0 bridgehead atoms. The molecule has 0 spiro atoms. The summed E-state index contributed by atoms with van der Waals surface area (Å²) in [6.45, 7) is 3.34. The van der Waals surface area contributed by atoms with Crippen molar-refractivity contribution in [1.82, 2.24) is 9.97 Å². The molecule has 3 aromatic rings. The summed E-state index contributed by atoms with van der Waals surface area (Å²) in [7, 11) is 0. The molecular formula is C18H14Cl2N2O3. The minimum absolute atomic E-state index is 0.0942. The fraction of sp³-hybridized carbons (Fsp3) is 0.167. The number of ketones is 1. The molecule has 1 N–H and O–H groups in total. The highest BCUT2D eigenvalue weighted by molar-refractivity contribution is 6.41. The molecule has 0 aliphatic heterocycles. The first kappa shape index (κ1) is 17.5. The van der Waals surface area contributed by atoms with Crippen LogP contribution in [0.5, 0.6) is 0 Å². The van der Waals surface area contributed by atoms with E-state index < -0.39 is 12.1 Å². The third-order valence-corrected chi connectivity index (χ3v) is 4.51. The summed E-state index contributed by atoms with van der Waals surface area (Å²) in [4.78, 5) is 31.9. The van der Waals surface area contributed by atoms with Gasteiger partial charge in [-0.1, -0.05) is 41.4 Å². The van der Waals surface area contributed by atoms with Gasteiger partial charge in [-0.15, -0.1) is 0 Å². The van der Waals surface area contributed by atoms with Crippen molar-refractivity contribution in [3.63, 3.8) is 0 Å². The van der Waals surface area contributed by atoms with Crippen molar-refractivity contribution >= 4 is 45.9 Å². The molecule has 0 fully saturated rings. The van der Waals surface area contributed by atoms with Crippen LogP contribution in [0, 0.1) is 6.92 Å². The number of nitrogens with zero attached hydrogens (tertiary/aromatic N) is 1. The van der Waals surface area contributed by atoms with Gasteiger partial charge in [0.05, 0.1) is 10.6 Å². The molecule has 7 heteroatoms. The molecule has 0 aliphatic carbocycles. The van der Waals surface area contributed by atoms with Crippen molar-refractivity contribution in [2.24, 2.45) is 0 Å². The van der Waals surface area contributed by atoms with Crippen LogP contribution in [-0.4, -0.2) is 27.8 Å². The first-order valence-electron chi connectivity index (χ1n) is 7.52. The molecule has 1 atom stereocenters. The number of para-hydroxylation sites is 1. The van der Waals surface area contributed by atoms with Crippen LogP contribution in [0.3, 0.4) is 0 Å². The zero-order valence-corrected chi connectivity index (χ0v) is 15.0. The predicted molar refractivity (Wildman–Crippen MR) is 96.5 cm³/mol. The lowest BCUT2D eigenvalue weighted by molar-refractivity contribution is 0.0318. The van der Waals surface area contributed by atoms with E-state index in [4.69, 9.17) is 27.9 Å². The Morgan fingerprint density at radius 3 is 2.68 bits per heavy atom. The van der Waals surface area contributed by atoms with Crippen molar-refractivity contribution in [2.75, 3.05) is 0 Å². The molecule has 2 aromatic heterocycles. The van der Waals surface area contributed by atoms with Gasteiger partial charge in [-0.05, 0) is 26.0 Å². The molecule has 0 aliphatic rings. The number of nitrogens with one attached hydrogen (secondary N) is 1. The van der Waals surface area contributed by atoms with Gasteiger partial charge >= 0.3 is 5.97 Å². The van der Waals surface area contributed by atoms with E-state index in [9.17, 15) is 9.59 Å². The van der Waals surface area contributed by atoms with Gasteiger partial charge in [0.25, 0.3) is 0 Å². The van der Waals surface area contributed by atoms with Crippen LogP contribution in [0.2, 0.25) is 10.2 Å². The number of benzene rings is 1. The Balaban J connectivity index is 1.83. The number of carbonyl (C=O) groups excluding carboxylic acids is 2. The highest BCUT2D eigenvalue weighted by Gasteiger charge is 2.25. The van der Waals surface area contributed by atoms with E-state index in [2.05, 4.69) is 9.97 Å².